The zero-order valence-corrected chi connectivity index (χ0v) is 35.5. The quantitative estimate of drug-likeness (QED) is 0.159. The summed E-state index contributed by atoms with van der Waals surface area (Å²) in [4.78, 5) is 20.1. The molecule has 0 aliphatic heterocycles. The van der Waals surface area contributed by atoms with Gasteiger partial charge in [0.2, 0.25) is 11.8 Å². The smallest absolute Gasteiger partial charge is 0.238 e. The molecule has 0 amide bonds. The molecule has 0 radical (unpaired) electrons. The summed E-state index contributed by atoms with van der Waals surface area (Å²) < 4.78 is 39.3. The number of oxazole rings is 1. The zero-order valence-electron chi connectivity index (χ0n) is 35.5. The molecule has 9 aromatic carbocycles. The summed E-state index contributed by atoms with van der Waals surface area (Å²) in [5.41, 5.74) is 12.4. The summed E-state index contributed by atoms with van der Waals surface area (Å²) in [6.07, 6.45) is 0. The minimum absolute atomic E-state index is 0.350. The van der Waals surface area contributed by atoms with Gasteiger partial charge in [-0.2, -0.15) is 9.97 Å². The molecule has 13 rings (SSSR count). The van der Waals surface area contributed by atoms with Gasteiger partial charge in [-0.3, -0.25) is 4.57 Å². The SMILES string of the molecule is Fc1ccc(-c2nc(-c3ccc(F)cc3)nc(-n3c4ccccc4c4ccc5c6ccccc6n(-c6cc(-c7ccccc7)cc(-c7ccc8oc(-c9ccccc9)nc8c7)c6)c5c43)n2)cc1. The molecular weight excluding hydrogens is 835 g/mol. The fraction of sp³-hybridized carbons (Fsp3) is 0. The molecule has 0 N–H and O–H groups in total. The molecule has 13 aromatic rings. The number of aromatic nitrogens is 6. The minimum Gasteiger partial charge on any atom is -0.436 e. The lowest BCUT2D eigenvalue weighted by molar-refractivity contribution is 0.620. The van der Waals surface area contributed by atoms with Crippen molar-refractivity contribution in [3.63, 3.8) is 0 Å². The first-order chi connectivity index (χ1) is 33.0. The highest BCUT2D eigenvalue weighted by Gasteiger charge is 2.24. The molecule has 0 spiro atoms. The van der Waals surface area contributed by atoms with E-state index in [9.17, 15) is 8.78 Å². The van der Waals surface area contributed by atoms with E-state index < -0.39 is 0 Å². The van der Waals surface area contributed by atoms with Gasteiger partial charge in [-0.15, -0.1) is 0 Å². The van der Waals surface area contributed by atoms with Gasteiger partial charge >= 0.3 is 0 Å². The number of benzene rings is 9. The molecular formula is C58H34F2N6O. The standard InChI is InChI=1S/C58H34F2N6O/c59-42-24-19-36(20-25-42)55-62-56(37-21-26-43(60)27-22-37)64-58(63-55)66-51-18-10-8-16-46(51)48-29-28-47-45-15-7-9-17-50(45)65(53(47)54(48)66)44-32-40(35-11-3-1-4-12-35)31-41(33-44)39-23-30-52-49(34-39)61-57(67-52)38-13-5-2-6-14-38/h1-34H. The van der Waals surface area contributed by atoms with Crippen LogP contribution in [0.4, 0.5) is 8.78 Å². The summed E-state index contributed by atoms with van der Waals surface area (Å²) in [7, 11) is 0. The first-order valence-electron chi connectivity index (χ1n) is 21.9. The van der Waals surface area contributed by atoms with Crippen molar-refractivity contribution in [3.05, 3.63) is 218 Å². The molecule has 0 saturated heterocycles. The van der Waals surface area contributed by atoms with Gasteiger partial charge in [0, 0.05) is 43.9 Å². The molecule has 7 nitrogen and oxygen atoms in total. The van der Waals surface area contributed by atoms with Crippen LogP contribution in [0.3, 0.4) is 0 Å². The highest BCUT2D eigenvalue weighted by atomic mass is 19.1. The maximum Gasteiger partial charge on any atom is 0.238 e. The fourth-order valence-corrected chi connectivity index (χ4v) is 9.41. The lowest BCUT2D eigenvalue weighted by atomic mass is 9.97. The van der Waals surface area contributed by atoms with Crippen LogP contribution in [0.2, 0.25) is 0 Å². The van der Waals surface area contributed by atoms with Gasteiger partial charge in [-0.25, -0.2) is 18.7 Å². The van der Waals surface area contributed by atoms with E-state index in [0.717, 1.165) is 82.6 Å². The number of hydrogen-bond acceptors (Lipinski definition) is 5. The maximum absolute atomic E-state index is 14.3. The predicted octanol–water partition coefficient (Wildman–Crippen LogP) is 14.8. The Hall–Kier alpha value is -9.08. The Labute approximate surface area is 381 Å². The molecule has 0 unspecified atom stereocenters. The highest BCUT2D eigenvalue weighted by molar-refractivity contribution is 6.23. The van der Waals surface area contributed by atoms with E-state index in [2.05, 4.69) is 112 Å². The summed E-state index contributed by atoms with van der Waals surface area (Å²) in [5.74, 6) is 0.892. The second-order valence-electron chi connectivity index (χ2n) is 16.6. The zero-order chi connectivity index (χ0) is 44.6. The summed E-state index contributed by atoms with van der Waals surface area (Å²) in [5, 5.41) is 4.14. The third kappa shape index (κ3) is 6.47. The molecule has 0 atom stereocenters. The molecule has 4 aromatic heterocycles. The maximum atomic E-state index is 14.3. The molecule has 316 valence electrons. The third-order valence-electron chi connectivity index (χ3n) is 12.5. The van der Waals surface area contributed by atoms with Crippen LogP contribution in [0.15, 0.2) is 211 Å². The molecule has 0 aliphatic rings. The van der Waals surface area contributed by atoms with E-state index in [4.69, 9.17) is 24.4 Å². The Morgan fingerprint density at radius 2 is 0.866 bits per heavy atom. The topological polar surface area (TPSA) is 74.6 Å². The number of fused-ring (bicyclic) bond motifs is 8. The lowest BCUT2D eigenvalue weighted by Gasteiger charge is -2.16. The largest absolute Gasteiger partial charge is 0.436 e. The van der Waals surface area contributed by atoms with Gasteiger partial charge in [-0.1, -0.05) is 103 Å². The van der Waals surface area contributed by atoms with Gasteiger partial charge in [0.1, 0.15) is 17.2 Å². The average molecular weight is 869 g/mol. The summed E-state index contributed by atoms with van der Waals surface area (Å²) >= 11 is 0. The van der Waals surface area contributed by atoms with E-state index >= 15 is 0 Å². The first kappa shape index (κ1) is 38.4. The second-order valence-corrected chi connectivity index (χ2v) is 16.6. The van der Waals surface area contributed by atoms with Crippen molar-refractivity contribution in [1.29, 1.82) is 0 Å². The van der Waals surface area contributed by atoms with Crippen LogP contribution in [-0.2, 0) is 0 Å². The number of nitrogens with zero attached hydrogens (tertiary/aromatic N) is 6. The molecule has 0 aliphatic carbocycles. The highest BCUT2D eigenvalue weighted by Crippen LogP contribution is 2.43. The first-order valence-corrected chi connectivity index (χ1v) is 21.9. The van der Waals surface area contributed by atoms with Crippen molar-refractivity contribution >= 4 is 54.7 Å². The van der Waals surface area contributed by atoms with Gasteiger partial charge < -0.3 is 8.98 Å². The number of halogens is 2. The van der Waals surface area contributed by atoms with Crippen LogP contribution in [0.1, 0.15) is 0 Å². The van der Waals surface area contributed by atoms with E-state index in [1.54, 1.807) is 24.3 Å². The Balaban J connectivity index is 1.11. The Morgan fingerprint density at radius 3 is 1.48 bits per heavy atom. The van der Waals surface area contributed by atoms with Crippen LogP contribution in [-0.4, -0.2) is 29.1 Å². The van der Waals surface area contributed by atoms with E-state index in [1.165, 1.54) is 24.3 Å². The van der Waals surface area contributed by atoms with Gasteiger partial charge in [-0.05, 0) is 125 Å². The van der Waals surface area contributed by atoms with Crippen molar-refractivity contribution in [2.45, 2.75) is 0 Å². The van der Waals surface area contributed by atoms with E-state index in [0.29, 0.717) is 40.2 Å². The van der Waals surface area contributed by atoms with Gasteiger partial charge in [0.15, 0.2) is 17.2 Å². The number of para-hydroxylation sites is 2. The predicted molar refractivity (Wildman–Crippen MR) is 263 cm³/mol. The van der Waals surface area contributed by atoms with E-state index in [1.807, 2.05) is 54.6 Å². The van der Waals surface area contributed by atoms with Gasteiger partial charge in [0.05, 0.1) is 22.1 Å². The van der Waals surface area contributed by atoms with Crippen molar-refractivity contribution in [1.82, 2.24) is 29.1 Å². The van der Waals surface area contributed by atoms with Crippen molar-refractivity contribution in [2.24, 2.45) is 0 Å². The lowest BCUT2D eigenvalue weighted by Crippen LogP contribution is -2.07. The third-order valence-corrected chi connectivity index (χ3v) is 12.5. The van der Waals surface area contributed by atoms with Crippen LogP contribution in [0, 0.1) is 11.6 Å². The molecule has 67 heavy (non-hydrogen) atoms. The minimum atomic E-state index is -0.371. The Kier molecular flexibility index (Phi) is 8.76. The average Bonchev–Trinajstić information content (AvgIpc) is 4.07. The molecule has 9 heteroatoms. The number of hydrogen-bond donors (Lipinski definition) is 0. The van der Waals surface area contributed by atoms with E-state index in [-0.39, 0.29) is 11.6 Å². The number of rotatable bonds is 7. The normalized spacial score (nSPS) is 11.7. The second kappa shape index (κ2) is 15.3. The molecule has 4 heterocycles. The molecule has 0 fully saturated rings. The fourth-order valence-electron chi connectivity index (χ4n) is 9.41. The van der Waals surface area contributed by atoms with Crippen LogP contribution >= 0.6 is 0 Å². The monoisotopic (exact) mass is 868 g/mol. The van der Waals surface area contributed by atoms with Crippen LogP contribution in [0.5, 0.6) is 0 Å². The summed E-state index contributed by atoms with van der Waals surface area (Å²) in [6, 6.07) is 66.6. The molecule has 0 saturated carbocycles. The van der Waals surface area contributed by atoms with Crippen molar-refractivity contribution < 1.29 is 13.2 Å². The summed E-state index contributed by atoms with van der Waals surface area (Å²) in [6.45, 7) is 0. The molecule has 0 bridgehead atoms. The van der Waals surface area contributed by atoms with Crippen LogP contribution in [0.25, 0.3) is 123 Å². The Morgan fingerprint density at radius 1 is 0.358 bits per heavy atom. The van der Waals surface area contributed by atoms with Crippen molar-refractivity contribution in [2.75, 3.05) is 0 Å². The van der Waals surface area contributed by atoms with Crippen LogP contribution < -0.4 is 0 Å². The van der Waals surface area contributed by atoms with Gasteiger partial charge in [0.25, 0.3) is 0 Å². The Bertz CT molecular complexity index is 3980. The van der Waals surface area contributed by atoms with Crippen molar-refractivity contribution in [3.8, 4) is 68.1 Å².